The van der Waals surface area contributed by atoms with Crippen LogP contribution in [0.25, 0.3) is 0 Å². The zero-order valence-corrected chi connectivity index (χ0v) is 11.4. The Balaban J connectivity index is 2.14. The average Bonchev–Trinajstić information content (AvgIpc) is 2.46. The van der Waals surface area contributed by atoms with E-state index in [2.05, 4.69) is 0 Å². The summed E-state index contributed by atoms with van der Waals surface area (Å²) in [6.07, 6.45) is 0. The Bertz CT molecular complexity index is 620. The van der Waals surface area contributed by atoms with Gasteiger partial charge in [0.05, 0.1) is 12.7 Å². The smallest absolute Gasteiger partial charge is 0.336 e. The van der Waals surface area contributed by atoms with Gasteiger partial charge in [-0.3, -0.25) is 0 Å². The normalized spacial score (nSPS) is 10.1. The molecule has 0 unspecified atom stereocenters. The van der Waals surface area contributed by atoms with Crippen LogP contribution >= 0.6 is 0 Å². The van der Waals surface area contributed by atoms with Crippen molar-refractivity contribution in [1.29, 1.82) is 0 Å². The van der Waals surface area contributed by atoms with Gasteiger partial charge in [-0.2, -0.15) is 0 Å². The molecule has 20 heavy (non-hydrogen) atoms. The molecule has 0 saturated heterocycles. The van der Waals surface area contributed by atoms with Crippen LogP contribution in [0.4, 0.5) is 0 Å². The Morgan fingerprint density at radius 3 is 2.65 bits per heavy atom. The molecular formula is C16H16O4. The summed E-state index contributed by atoms with van der Waals surface area (Å²) < 4.78 is 10.8. The minimum absolute atomic E-state index is 0.258. The number of carbonyl (C=O) groups is 1. The number of ether oxygens (including phenoxy) is 2. The molecular weight excluding hydrogens is 256 g/mol. The molecule has 0 spiro atoms. The van der Waals surface area contributed by atoms with Gasteiger partial charge < -0.3 is 14.6 Å². The van der Waals surface area contributed by atoms with Crippen molar-refractivity contribution in [3.05, 3.63) is 59.2 Å². The van der Waals surface area contributed by atoms with Crippen LogP contribution in [0.15, 0.2) is 42.5 Å². The van der Waals surface area contributed by atoms with E-state index in [9.17, 15) is 4.79 Å². The highest BCUT2D eigenvalue weighted by Crippen LogP contribution is 2.23. The summed E-state index contributed by atoms with van der Waals surface area (Å²) in [7, 11) is 1.61. The van der Waals surface area contributed by atoms with Crippen molar-refractivity contribution < 1.29 is 19.4 Å². The van der Waals surface area contributed by atoms with Crippen LogP contribution in [-0.4, -0.2) is 18.2 Å². The van der Waals surface area contributed by atoms with Crippen LogP contribution in [-0.2, 0) is 6.61 Å². The number of hydrogen-bond donors (Lipinski definition) is 1. The first kappa shape index (κ1) is 13.9. The van der Waals surface area contributed by atoms with Crippen LogP contribution in [0.3, 0.4) is 0 Å². The van der Waals surface area contributed by atoms with Crippen molar-refractivity contribution in [2.75, 3.05) is 7.11 Å². The number of hydrogen-bond acceptors (Lipinski definition) is 3. The Labute approximate surface area is 117 Å². The molecule has 0 bridgehead atoms. The molecule has 4 nitrogen and oxygen atoms in total. The first-order valence-corrected chi connectivity index (χ1v) is 6.20. The summed E-state index contributed by atoms with van der Waals surface area (Å²) in [5.74, 6) is 0.393. The van der Waals surface area contributed by atoms with E-state index in [1.54, 1.807) is 32.2 Å². The van der Waals surface area contributed by atoms with Crippen molar-refractivity contribution in [2.45, 2.75) is 13.5 Å². The Morgan fingerprint density at radius 1 is 1.20 bits per heavy atom. The molecule has 0 atom stereocenters. The first-order chi connectivity index (χ1) is 9.61. The third-order valence-electron chi connectivity index (χ3n) is 3.04. The number of aromatic carboxylic acids is 1. The highest BCUT2D eigenvalue weighted by atomic mass is 16.5. The molecule has 0 aliphatic rings. The maximum atomic E-state index is 11.1. The monoisotopic (exact) mass is 272 g/mol. The van der Waals surface area contributed by atoms with E-state index in [0.29, 0.717) is 17.9 Å². The minimum atomic E-state index is -0.950. The molecule has 2 aromatic rings. The Kier molecular flexibility index (Phi) is 4.25. The summed E-state index contributed by atoms with van der Waals surface area (Å²) in [5.41, 5.74) is 1.85. The molecule has 0 saturated carbocycles. The quantitative estimate of drug-likeness (QED) is 0.907. The summed E-state index contributed by atoms with van der Waals surface area (Å²) in [4.78, 5) is 11.1. The number of methoxy groups -OCH3 is 1. The lowest BCUT2D eigenvalue weighted by molar-refractivity contribution is 0.0695. The summed E-state index contributed by atoms with van der Waals surface area (Å²) in [5, 5.41) is 9.07. The van der Waals surface area contributed by atoms with E-state index in [4.69, 9.17) is 14.6 Å². The number of carboxylic acid groups (broad SMARTS) is 1. The second-order valence-corrected chi connectivity index (χ2v) is 4.37. The van der Waals surface area contributed by atoms with Gasteiger partial charge in [0.15, 0.2) is 0 Å². The molecule has 0 aliphatic heterocycles. The van der Waals surface area contributed by atoms with Crippen LogP contribution < -0.4 is 9.47 Å². The molecule has 0 heterocycles. The highest BCUT2D eigenvalue weighted by Gasteiger charge is 2.10. The fourth-order valence-electron chi connectivity index (χ4n) is 1.93. The van der Waals surface area contributed by atoms with Crippen molar-refractivity contribution in [2.24, 2.45) is 0 Å². The molecule has 0 radical (unpaired) electrons. The standard InChI is InChI=1S/C16H16O4/c1-11-14(16(17)18)7-4-8-15(11)20-10-12-5-3-6-13(9-12)19-2/h3-9H,10H2,1-2H3,(H,17,18). The van der Waals surface area contributed by atoms with E-state index in [1.807, 2.05) is 24.3 Å². The van der Waals surface area contributed by atoms with Crippen molar-refractivity contribution in [1.82, 2.24) is 0 Å². The van der Waals surface area contributed by atoms with Gasteiger partial charge in [-0.15, -0.1) is 0 Å². The number of benzene rings is 2. The SMILES string of the molecule is COc1cccc(COc2cccc(C(=O)O)c2C)c1. The summed E-state index contributed by atoms with van der Waals surface area (Å²) >= 11 is 0. The third kappa shape index (κ3) is 3.09. The molecule has 0 amide bonds. The van der Waals surface area contributed by atoms with Gasteiger partial charge in [-0.25, -0.2) is 4.79 Å². The van der Waals surface area contributed by atoms with Gasteiger partial charge in [-0.1, -0.05) is 18.2 Å². The highest BCUT2D eigenvalue weighted by molar-refractivity contribution is 5.90. The second-order valence-electron chi connectivity index (χ2n) is 4.37. The van der Waals surface area contributed by atoms with Crippen molar-refractivity contribution in [3.8, 4) is 11.5 Å². The number of rotatable bonds is 5. The first-order valence-electron chi connectivity index (χ1n) is 6.20. The van der Waals surface area contributed by atoms with E-state index in [1.165, 1.54) is 0 Å². The largest absolute Gasteiger partial charge is 0.497 e. The summed E-state index contributed by atoms with van der Waals surface area (Å²) in [6.45, 7) is 2.10. The molecule has 2 rings (SSSR count). The third-order valence-corrected chi connectivity index (χ3v) is 3.04. The molecule has 2 aromatic carbocycles. The van der Waals surface area contributed by atoms with Crippen LogP contribution in [0.2, 0.25) is 0 Å². The van der Waals surface area contributed by atoms with Gasteiger partial charge in [0.25, 0.3) is 0 Å². The lowest BCUT2D eigenvalue weighted by atomic mass is 10.1. The lowest BCUT2D eigenvalue weighted by Gasteiger charge is -2.11. The zero-order valence-electron chi connectivity index (χ0n) is 11.4. The molecule has 1 N–H and O–H groups in total. The zero-order chi connectivity index (χ0) is 14.5. The average molecular weight is 272 g/mol. The van der Waals surface area contributed by atoms with Crippen molar-refractivity contribution in [3.63, 3.8) is 0 Å². The van der Waals surface area contributed by atoms with Gasteiger partial charge >= 0.3 is 5.97 Å². The van der Waals surface area contributed by atoms with E-state index in [-0.39, 0.29) is 5.56 Å². The molecule has 4 heteroatoms. The molecule has 104 valence electrons. The lowest BCUT2D eigenvalue weighted by Crippen LogP contribution is -2.03. The van der Waals surface area contributed by atoms with Gasteiger partial charge in [0.1, 0.15) is 18.1 Å². The van der Waals surface area contributed by atoms with Gasteiger partial charge in [-0.05, 0) is 36.8 Å². The second kappa shape index (κ2) is 6.10. The molecule has 0 aromatic heterocycles. The summed E-state index contributed by atoms with van der Waals surface area (Å²) in [6, 6.07) is 12.6. The molecule has 0 aliphatic carbocycles. The number of carboxylic acids is 1. The fraction of sp³-hybridized carbons (Fsp3) is 0.188. The Morgan fingerprint density at radius 2 is 1.95 bits per heavy atom. The predicted octanol–water partition coefficient (Wildman–Crippen LogP) is 3.28. The van der Waals surface area contributed by atoms with Crippen LogP contribution in [0, 0.1) is 6.92 Å². The fourth-order valence-corrected chi connectivity index (χ4v) is 1.93. The van der Waals surface area contributed by atoms with Crippen LogP contribution in [0.5, 0.6) is 11.5 Å². The van der Waals surface area contributed by atoms with E-state index < -0.39 is 5.97 Å². The maximum Gasteiger partial charge on any atom is 0.336 e. The van der Waals surface area contributed by atoms with Gasteiger partial charge in [0.2, 0.25) is 0 Å². The van der Waals surface area contributed by atoms with Crippen LogP contribution in [0.1, 0.15) is 21.5 Å². The minimum Gasteiger partial charge on any atom is -0.497 e. The van der Waals surface area contributed by atoms with Crippen molar-refractivity contribution >= 4 is 5.97 Å². The van der Waals surface area contributed by atoms with E-state index in [0.717, 1.165) is 11.3 Å². The topological polar surface area (TPSA) is 55.8 Å². The predicted molar refractivity (Wildman–Crippen MR) is 75.5 cm³/mol. The van der Waals surface area contributed by atoms with E-state index >= 15 is 0 Å². The molecule has 0 fully saturated rings. The van der Waals surface area contributed by atoms with Gasteiger partial charge in [0, 0.05) is 5.56 Å². The maximum absolute atomic E-state index is 11.1. The Hall–Kier alpha value is -2.49.